The lowest BCUT2D eigenvalue weighted by molar-refractivity contribution is -0.131. The topological polar surface area (TPSA) is 95.5 Å². The van der Waals surface area contributed by atoms with Crippen LogP contribution in [0.2, 0.25) is 0 Å². The number of halogens is 1. The van der Waals surface area contributed by atoms with E-state index in [1.807, 2.05) is 18.3 Å². The molecule has 0 saturated heterocycles. The first-order chi connectivity index (χ1) is 8.86. The number of benzene rings is 1. The number of rotatable bonds is 3. The van der Waals surface area contributed by atoms with Crippen LogP contribution in [-0.2, 0) is 9.59 Å². The van der Waals surface area contributed by atoms with E-state index in [1.54, 1.807) is 12.1 Å². The molecule has 1 aromatic rings. The van der Waals surface area contributed by atoms with Crippen molar-refractivity contribution < 1.29 is 19.5 Å². The number of carboxylic acids is 1. The molecule has 1 rings (SSSR count). The van der Waals surface area contributed by atoms with Crippen LogP contribution in [0.25, 0.3) is 0 Å². The summed E-state index contributed by atoms with van der Waals surface area (Å²) < 4.78 is 0.792. The normalized spacial score (nSPS) is 10.2. The van der Waals surface area contributed by atoms with Gasteiger partial charge in [-0.25, -0.2) is 9.59 Å². The van der Waals surface area contributed by atoms with Crippen LogP contribution in [0.4, 0.5) is 10.5 Å². The number of amides is 3. The highest BCUT2D eigenvalue weighted by molar-refractivity contribution is 9.10. The van der Waals surface area contributed by atoms with Gasteiger partial charge in [0.1, 0.15) is 0 Å². The Morgan fingerprint density at radius 2 is 1.89 bits per heavy atom. The molecule has 0 aliphatic carbocycles. The molecule has 7 heteroatoms. The molecule has 3 amide bonds. The number of urea groups is 1. The highest BCUT2D eigenvalue weighted by atomic mass is 79.9. The molecule has 1 aromatic carbocycles. The van der Waals surface area contributed by atoms with Gasteiger partial charge in [-0.1, -0.05) is 15.9 Å². The molecular formula is C12H11BrN2O4. The summed E-state index contributed by atoms with van der Waals surface area (Å²) in [6.45, 7) is 1.86. The van der Waals surface area contributed by atoms with Crippen LogP contribution in [0, 0.1) is 6.92 Å². The SMILES string of the molecule is Cc1cc(Br)cc(NC(=O)NC(=O)/C=C/C(=O)O)c1. The molecule has 0 saturated carbocycles. The standard InChI is InChI=1S/C12H11BrN2O4/c1-7-4-8(13)6-9(5-7)14-12(19)15-10(16)2-3-11(17)18/h2-6H,1H3,(H,17,18)(H2,14,15,16,19)/b3-2+. The number of aliphatic carboxylic acids is 1. The summed E-state index contributed by atoms with van der Waals surface area (Å²) in [4.78, 5) is 32.8. The van der Waals surface area contributed by atoms with Crippen molar-refractivity contribution >= 4 is 39.5 Å². The number of hydrogen-bond donors (Lipinski definition) is 3. The first-order valence-electron chi connectivity index (χ1n) is 5.17. The fraction of sp³-hybridized carbons (Fsp3) is 0.0833. The zero-order valence-electron chi connectivity index (χ0n) is 9.94. The maximum absolute atomic E-state index is 11.5. The predicted molar refractivity (Wildman–Crippen MR) is 72.8 cm³/mol. The highest BCUT2D eigenvalue weighted by Crippen LogP contribution is 2.18. The molecule has 0 atom stereocenters. The average molecular weight is 327 g/mol. The molecule has 0 heterocycles. The van der Waals surface area contributed by atoms with Gasteiger partial charge in [-0.3, -0.25) is 10.1 Å². The van der Waals surface area contributed by atoms with Crippen molar-refractivity contribution in [3.63, 3.8) is 0 Å². The third kappa shape index (κ3) is 5.82. The second-order valence-corrected chi connectivity index (χ2v) is 4.55. The van der Waals surface area contributed by atoms with Crippen molar-refractivity contribution in [2.75, 3.05) is 5.32 Å². The molecule has 0 bridgehead atoms. The molecule has 0 aliphatic rings. The molecule has 6 nitrogen and oxygen atoms in total. The molecular weight excluding hydrogens is 316 g/mol. The number of hydrogen-bond acceptors (Lipinski definition) is 3. The number of carboxylic acid groups (broad SMARTS) is 1. The van der Waals surface area contributed by atoms with Gasteiger partial charge in [-0.2, -0.15) is 0 Å². The van der Waals surface area contributed by atoms with Gasteiger partial charge < -0.3 is 10.4 Å². The van der Waals surface area contributed by atoms with Crippen molar-refractivity contribution in [2.45, 2.75) is 6.92 Å². The van der Waals surface area contributed by atoms with E-state index in [2.05, 4.69) is 21.2 Å². The molecule has 0 aromatic heterocycles. The van der Waals surface area contributed by atoms with Gasteiger partial charge in [0.15, 0.2) is 0 Å². The largest absolute Gasteiger partial charge is 0.478 e. The lowest BCUT2D eigenvalue weighted by atomic mass is 10.2. The van der Waals surface area contributed by atoms with Gasteiger partial charge in [0.25, 0.3) is 5.91 Å². The van der Waals surface area contributed by atoms with Gasteiger partial charge in [0, 0.05) is 22.3 Å². The van der Waals surface area contributed by atoms with Crippen molar-refractivity contribution in [1.29, 1.82) is 0 Å². The summed E-state index contributed by atoms with van der Waals surface area (Å²) in [5.74, 6) is -2.08. The molecule has 0 aliphatic heterocycles. The summed E-state index contributed by atoms with van der Waals surface area (Å²) >= 11 is 3.28. The number of aryl methyl sites for hydroxylation is 1. The molecule has 0 radical (unpaired) electrons. The van der Waals surface area contributed by atoms with E-state index in [4.69, 9.17) is 5.11 Å². The van der Waals surface area contributed by atoms with E-state index in [1.165, 1.54) is 0 Å². The van der Waals surface area contributed by atoms with E-state index in [9.17, 15) is 14.4 Å². The van der Waals surface area contributed by atoms with E-state index < -0.39 is 17.9 Å². The van der Waals surface area contributed by atoms with Gasteiger partial charge in [0.2, 0.25) is 0 Å². The monoisotopic (exact) mass is 326 g/mol. The minimum Gasteiger partial charge on any atom is -0.478 e. The summed E-state index contributed by atoms with van der Waals surface area (Å²) in [6, 6.07) is 4.52. The molecule has 3 N–H and O–H groups in total. The number of anilines is 1. The van der Waals surface area contributed by atoms with Crippen molar-refractivity contribution in [1.82, 2.24) is 5.32 Å². The van der Waals surface area contributed by atoms with Crippen LogP contribution in [0.15, 0.2) is 34.8 Å². The Labute approximate surface area is 117 Å². The third-order valence-electron chi connectivity index (χ3n) is 1.91. The summed E-state index contributed by atoms with van der Waals surface area (Å²) in [7, 11) is 0. The van der Waals surface area contributed by atoms with Gasteiger partial charge >= 0.3 is 12.0 Å². The van der Waals surface area contributed by atoms with Crippen LogP contribution in [0.1, 0.15) is 5.56 Å². The number of carbonyl (C=O) groups is 3. The second-order valence-electron chi connectivity index (χ2n) is 3.63. The Morgan fingerprint density at radius 1 is 1.21 bits per heavy atom. The van der Waals surface area contributed by atoms with Crippen molar-refractivity contribution in [2.24, 2.45) is 0 Å². The smallest absolute Gasteiger partial charge is 0.328 e. The Bertz CT molecular complexity index is 534. The lowest BCUT2D eigenvalue weighted by Gasteiger charge is -2.06. The van der Waals surface area contributed by atoms with Crippen LogP contribution >= 0.6 is 15.9 Å². The number of nitrogens with one attached hydrogen (secondary N) is 2. The summed E-state index contributed by atoms with van der Waals surface area (Å²) in [5.41, 5.74) is 1.45. The fourth-order valence-corrected chi connectivity index (χ4v) is 1.88. The predicted octanol–water partition coefficient (Wildman–Crippen LogP) is 2.05. The van der Waals surface area contributed by atoms with Gasteiger partial charge in [-0.15, -0.1) is 0 Å². The Hall–Kier alpha value is -2.15. The molecule has 0 fully saturated rings. The average Bonchev–Trinajstić information content (AvgIpc) is 2.24. The molecule has 100 valence electrons. The van der Waals surface area contributed by atoms with Gasteiger partial charge in [-0.05, 0) is 30.7 Å². The lowest BCUT2D eigenvalue weighted by Crippen LogP contribution is -2.33. The maximum Gasteiger partial charge on any atom is 0.328 e. The van der Waals surface area contributed by atoms with Crippen LogP contribution in [-0.4, -0.2) is 23.0 Å². The minimum atomic E-state index is -1.27. The Morgan fingerprint density at radius 3 is 2.47 bits per heavy atom. The molecule has 0 spiro atoms. The first kappa shape index (κ1) is 14.9. The third-order valence-corrected chi connectivity index (χ3v) is 2.37. The maximum atomic E-state index is 11.5. The zero-order valence-corrected chi connectivity index (χ0v) is 11.5. The van der Waals surface area contributed by atoms with Crippen LogP contribution < -0.4 is 10.6 Å². The van der Waals surface area contributed by atoms with Crippen molar-refractivity contribution in [3.05, 3.63) is 40.4 Å². The zero-order chi connectivity index (χ0) is 14.4. The second kappa shape index (κ2) is 6.69. The van der Waals surface area contributed by atoms with E-state index in [0.717, 1.165) is 16.1 Å². The molecule has 0 unspecified atom stereocenters. The highest BCUT2D eigenvalue weighted by Gasteiger charge is 2.06. The van der Waals surface area contributed by atoms with E-state index >= 15 is 0 Å². The quantitative estimate of drug-likeness (QED) is 0.741. The Balaban J connectivity index is 2.60. The minimum absolute atomic E-state index is 0.513. The van der Waals surface area contributed by atoms with Gasteiger partial charge in [0.05, 0.1) is 0 Å². The first-order valence-corrected chi connectivity index (χ1v) is 5.96. The summed E-state index contributed by atoms with van der Waals surface area (Å²) in [6.07, 6.45) is 1.40. The fourth-order valence-electron chi connectivity index (χ4n) is 1.27. The van der Waals surface area contributed by atoms with E-state index in [-0.39, 0.29) is 0 Å². The number of carbonyl (C=O) groups excluding carboxylic acids is 2. The van der Waals surface area contributed by atoms with Crippen molar-refractivity contribution in [3.8, 4) is 0 Å². The van der Waals surface area contributed by atoms with Crippen LogP contribution in [0.3, 0.4) is 0 Å². The Kier molecular flexibility index (Phi) is 5.25. The van der Waals surface area contributed by atoms with E-state index in [0.29, 0.717) is 11.8 Å². The van der Waals surface area contributed by atoms with Crippen LogP contribution in [0.5, 0.6) is 0 Å². The summed E-state index contributed by atoms with van der Waals surface area (Å²) in [5, 5.41) is 12.7. The molecule has 19 heavy (non-hydrogen) atoms. The number of imide groups is 1.